The lowest BCUT2D eigenvalue weighted by Gasteiger charge is -2.34. The molecule has 9 atom stereocenters. The Hall–Kier alpha value is -7.76. The number of rotatable bonds is 42. The number of amides is 8. The second-order valence-corrected chi connectivity index (χ2v) is 26.8. The van der Waals surface area contributed by atoms with Crippen molar-refractivity contribution < 1.29 is 95.4 Å². The van der Waals surface area contributed by atoms with Crippen LogP contribution in [0.4, 0.5) is 4.79 Å². The van der Waals surface area contributed by atoms with Gasteiger partial charge in [0.05, 0.1) is 81.8 Å². The highest BCUT2D eigenvalue weighted by molar-refractivity contribution is 6.32. The molecule has 0 radical (unpaired) electrons. The molecular formula is C70H102Cl2N8O20. The van der Waals surface area contributed by atoms with Crippen LogP contribution in [0.15, 0.2) is 60.7 Å². The summed E-state index contributed by atoms with van der Waals surface area (Å²) in [6.07, 6.45) is -0.904. The molecular weight excluding hydrogens is 1340 g/mol. The first-order valence-electron chi connectivity index (χ1n) is 34.0. The number of ether oxygens (including phenoxy) is 8. The molecule has 28 nitrogen and oxygen atoms in total. The maximum atomic E-state index is 14.5. The standard InChI is InChI=1S/C70H102Cl2N8O20/c1-44(2)37-58-67(90)98-56(19-12-20-60(85)78-53(39-47-21-23-57(93-8)51(71)38-47)65(88)77-42-70(6,7)68(91)99-58)46(5)63(62(72)48-15-10-9-11-16-48)100-61(86)41-76-59(84)24-22-55(83)54-18-14-28-80(54)66(89)52(17-13-26-75-69(73)92)79-64(87)50(45(3)4)40-49(82)25-29-94-31-33-96-35-36-97-34-32-95-30-27-74-43-81/h9-12,15-16,20-21,23,38,43-46,50,52-54,56,58,62-63H,13-14,17-19,22,24-37,39-42H2,1-8H3,(H,74,81)(H,76,84)(H,77,88)(H,78,85)(H,79,87)(H3,73,75,92)/b20-12+/t46-,50-,52-,53+,54-,56-,58-,62-,63+/m0/s1. The number of alkyl halides is 1. The van der Waals surface area contributed by atoms with Gasteiger partial charge in [-0.25, -0.2) is 9.59 Å². The van der Waals surface area contributed by atoms with Crippen molar-refractivity contribution in [2.24, 2.45) is 34.8 Å². The van der Waals surface area contributed by atoms with Crippen LogP contribution in [-0.4, -0.2) is 205 Å². The number of esters is 3. The van der Waals surface area contributed by atoms with E-state index in [0.717, 1.165) is 6.08 Å². The summed E-state index contributed by atoms with van der Waals surface area (Å²) in [6, 6.07) is 9.38. The van der Waals surface area contributed by atoms with Gasteiger partial charge in [-0.05, 0) is 87.1 Å². The van der Waals surface area contributed by atoms with Gasteiger partial charge in [0.2, 0.25) is 35.9 Å². The van der Waals surface area contributed by atoms with Gasteiger partial charge in [-0.3, -0.25) is 47.9 Å². The first-order chi connectivity index (χ1) is 47.6. The molecule has 2 aromatic carbocycles. The minimum Gasteiger partial charge on any atom is -0.495 e. The van der Waals surface area contributed by atoms with Crippen LogP contribution in [0.1, 0.15) is 129 Å². The zero-order valence-corrected chi connectivity index (χ0v) is 60.1. The minimum atomic E-state index is -1.44. The molecule has 0 saturated carbocycles. The van der Waals surface area contributed by atoms with Gasteiger partial charge in [0.25, 0.3) is 0 Å². The van der Waals surface area contributed by atoms with Gasteiger partial charge in [0.1, 0.15) is 42.4 Å². The highest BCUT2D eigenvalue weighted by atomic mass is 35.5. The van der Waals surface area contributed by atoms with E-state index in [2.05, 4.69) is 31.9 Å². The summed E-state index contributed by atoms with van der Waals surface area (Å²) in [5, 5.41) is 14.9. The number of carbonyl (C=O) groups excluding carboxylic acids is 12. The molecule has 8 N–H and O–H groups in total. The third kappa shape index (κ3) is 30.6. The summed E-state index contributed by atoms with van der Waals surface area (Å²) in [7, 11) is 1.45. The topological polar surface area (TPSA) is 380 Å². The molecule has 0 bridgehead atoms. The van der Waals surface area contributed by atoms with Gasteiger partial charge in [-0.15, -0.1) is 11.6 Å². The second kappa shape index (κ2) is 45.2. The van der Waals surface area contributed by atoms with E-state index < -0.39 is 131 Å². The number of halogens is 2. The number of hydrogen-bond donors (Lipinski definition) is 7. The van der Waals surface area contributed by atoms with E-state index in [1.165, 1.54) is 31.9 Å². The van der Waals surface area contributed by atoms with Gasteiger partial charge in [0.15, 0.2) is 11.9 Å². The molecule has 0 spiro atoms. The quantitative estimate of drug-likeness (QED) is 0.0156. The molecule has 2 aromatic rings. The van der Waals surface area contributed by atoms with Crippen molar-refractivity contribution >= 4 is 94.7 Å². The van der Waals surface area contributed by atoms with E-state index >= 15 is 0 Å². The monoisotopic (exact) mass is 1440 g/mol. The number of nitrogens with zero attached hydrogens (tertiary/aromatic N) is 1. The van der Waals surface area contributed by atoms with E-state index in [1.807, 2.05) is 13.8 Å². The number of primary amides is 1. The van der Waals surface area contributed by atoms with E-state index in [-0.39, 0.29) is 120 Å². The molecule has 1 fully saturated rings. The Morgan fingerprint density at radius 2 is 1.51 bits per heavy atom. The lowest BCUT2D eigenvalue weighted by atomic mass is 9.88. The number of cyclic esters (lactones) is 2. The molecule has 0 aromatic heterocycles. The number of benzene rings is 2. The second-order valence-electron chi connectivity index (χ2n) is 25.9. The Kier molecular flexibility index (Phi) is 38.2. The number of likely N-dealkylation sites (tertiary alicyclic amines) is 1. The molecule has 8 amide bonds. The number of carbonyl (C=O) groups is 12. The number of methoxy groups -OCH3 is 1. The summed E-state index contributed by atoms with van der Waals surface area (Å²) in [5.41, 5.74) is 4.97. The summed E-state index contributed by atoms with van der Waals surface area (Å²) < 4.78 is 45.2. The van der Waals surface area contributed by atoms with Crippen LogP contribution in [0.25, 0.3) is 0 Å². The fraction of sp³-hybridized carbons (Fsp3) is 0.629. The van der Waals surface area contributed by atoms with Crippen LogP contribution in [0.3, 0.4) is 0 Å². The molecule has 30 heteroatoms. The summed E-state index contributed by atoms with van der Waals surface area (Å²) in [4.78, 5) is 162. The maximum Gasteiger partial charge on any atom is 0.347 e. The number of nitrogens with two attached hydrogens (primary N) is 1. The van der Waals surface area contributed by atoms with Crippen molar-refractivity contribution in [2.75, 3.05) is 92.7 Å². The molecule has 556 valence electrons. The van der Waals surface area contributed by atoms with Crippen molar-refractivity contribution in [1.29, 1.82) is 0 Å². The van der Waals surface area contributed by atoms with Crippen molar-refractivity contribution in [1.82, 2.24) is 36.8 Å². The van der Waals surface area contributed by atoms with E-state index in [9.17, 15) is 57.5 Å². The molecule has 100 heavy (non-hydrogen) atoms. The SMILES string of the molecule is COc1ccc(C[C@H]2NC(=O)/C=C/C[C@@H]([C@H](C)[C@@H](OC(=O)CNC(=O)CCC(=O)[C@@H]3CCCN3C(=O)[C@H](CCCNC(N)=O)NC(=O)[C@@H](CC(=O)CCOCCOCCOCCOCCNC=O)C(C)C)[C@@H](Cl)c3ccccc3)OC(=O)[C@H](CC(C)C)OC(=O)C(C)(C)CNC2=O)cc1Cl. The lowest BCUT2D eigenvalue weighted by Crippen LogP contribution is -2.53. The molecule has 2 heterocycles. The molecule has 1 saturated heterocycles. The van der Waals surface area contributed by atoms with Gasteiger partial charge in [-0.1, -0.05) is 88.7 Å². The Morgan fingerprint density at radius 1 is 0.840 bits per heavy atom. The lowest BCUT2D eigenvalue weighted by molar-refractivity contribution is -0.181. The number of ketones is 2. The Morgan fingerprint density at radius 3 is 2.14 bits per heavy atom. The van der Waals surface area contributed by atoms with Crippen LogP contribution < -0.4 is 42.4 Å². The number of Topliss-reactive ketones (excluding diaryl/α,β-unsaturated/α-hetero) is 2. The van der Waals surface area contributed by atoms with Crippen molar-refractivity contribution in [3.8, 4) is 5.75 Å². The van der Waals surface area contributed by atoms with Crippen molar-refractivity contribution in [3.05, 3.63) is 76.8 Å². The van der Waals surface area contributed by atoms with Gasteiger partial charge >= 0.3 is 23.9 Å². The van der Waals surface area contributed by atoms with Crippen LogP contribution in [0, 0.1) is 29.1 Å². The number of hydrogen-bond acceptors (Lipinski definition) is 20. The summed E-state index contributed by atoms with van der Waals surface area (Å²) in [5.74, 6) is -8.53. The molecule has 2 aliphatic heterocycles. The Bertz CT molecular complexity index is 3030. The van der Waals surface area contributed by atoms with Gasteiger partial charge < -0.3 is 80.4 Å². The highest BCUT2D eigenvalue weighted by Gasteiger charge is 2.42. The van der Waals surface area contributed by atoms with Crippen LogP contribution in [0.5, 0.6) is 5.75 Å². The van der Waals surface area contributed by atoms with Crippen LogP contribution >= 0.6 is 23.2 Å². The normalized spacial score (nSPS) is 19.3. The predicted octanol–water partition coefficient (Wildman–Crippen LogP) is 4.70. The van der Waals surface area contributed by atoms with E-state index in [4.69, 9.17) is 66.8 Å². The summed E-state index contributed by atoms with van der Waals surface area (Å²) >= 11 is 13.6. The average molecular weight is 1450 g/mol. The minimum absolute atomic E-state index is 0.0161. The molecule has 4 rings (SSSR count). The van der Waals surface area contributed by atoms with E-state index in [0.29, 0.717) is 69.3 Å². The first-order valence-corrected chi connectivity index (χ1v) is 34.8. The number of urea groups is 1. The largest absolute Gasteiger partial charge is 0.495 e. The maximum absolute atomic E-state index is 14.5. The third-order valence-corrected chi connectivity index (χ3v) is 17.4. The fourth-order valence-corrected chi connectivity index (χ4v) is 11.6. The van der Waals surface area contributed by atoms with Gasteiger partial charge in [-0.2, -0.15) is 0 Å². The molecule has 0 aliphatic carbocycles. The Labute approximate surface area is 595 Å². The summed E-state index contributed by atoms with van der Waals surface area (Å²) in [6.45, 7) is 13.9. The zero-order valence-electron chi connectivity index (χ0n) is 58.6. The fourth-order valence-electron chi connectivity index (χ4n) is 10.9. The first kappa shape index (κ1) is 84.7. The average Bonchev–Trinajstić information content (AvgIpc) is 1.74. The third-order valence-electron chi connectivity index (χ3n) is 16.7. The van der Waals surface area contributed by atoms with Crippen LogP contribution in [-0.2, 0) is 92.3 Å². The Balaban J connectivity index is 1.43. The zero-order chi connectivity index (χ0) is 73.7. The van der Waals surface area contributed by atoms with E-state index in [1.54, 1.807) is 69.3 Å². The van der Waals surface area contributed by atoms with Crippen molar-refractivity contribution in [3.63, 3.8) is 0 Å². The van der Waals surface area contributed by atoms with Gasteiger partial charge in [0, 0.05) is 76.5 Å². The van der Waals surface area contributed by atoms with Crippen molar-refractivity contribution in [2.45, 2.75) is 161 Å². The number of nitrogens with one attached hydrogen (secondary N) is 6. The highest BCUT2D eigenvalue weighted by Crippen LogP contribution is 2.35. The predicted molar refractivity (Wildman–Crippen MR) is 368 cm³/mol. The molecule has 0 unspecified atom stereocenters. The van der Waals surface area contributed by atoms with Crippen LogP contribution in [0.2, 0.25) is 5.02 Å². The smallest absolute Gasteiger partial charge is 0.347 e. The molecule has 2 aliphatic rings.